The molecule has 0 radical (unpaired) electrons. The second-order valence-corrected chi connectivity index (χ2v) is 6.36. The molecule has 0 fully saturated rings. The lowest BCUT2D eigenvalue weighted by Gasteiger charge is -2.11. The molecule has 1 aliphatic carbocycles. The zero-order chi connectivity index (χ0) is 15.9. The molecule has 0 saturated heterocycles. The van der Waals surface area contributed by atoms with Gasteiger partial charge in [-0.05, 0) is 51.2 Å². The average molecular weight is 304 g/mol. The Balaban J connectivity index is 1.80. The molecule has 5 rings (SSSR count). The summed E-state index contributed by atoms with van der Waals surface area (Å²) in [5.74, 6) is 6.74. The molecule has 0 atom stereocenters. The van der Waals surface area contributed by atoms with E-state index in [0.717, 1.165) is 24.0 Å². The molecule has 0 amide bonds. The highest BCUT2D eigenvalue weighted by Gasteiger charge is 2.09. The molecule has 0 aromatic heterocycles. The second-order valence-electron chi connectivity index (χ2n) is 6.36. The first-order valence-electron chi connectivity index (χ1n) is 8.45. The number of allylic oxidation sites excluding steroid dienone is 4. The Morgan fingerprint density at radius 2 is 1.42 bits per heavy atom. The summed E-state index contributed by atoms with van der Waals surface area (Å²) in [6.07, 6.45) is 8.78. The van der Waals surface area contributed by atoms with Gasteiger partial charge < -0.3 is 0 Å². The van der Waals surface area contributed by atoms with Crippen molar-refractivity contribution in [2.24, 2.45) is 0 Å². The zero-order valence-corrected chi connectivity index (χ0v) is 13.3. The van der Waals surface area contributed by atoms with Crippen molar-refractivity contribution in [1.82, 2.24) is 0 Å². The Labute approximate surface area is 141 Å². The molecule has 0 heteroatoms. The fourth-order valence-electron chi connectivity index (χ4n) is 3.69. The van der Waals surface area contributed by atoms with Crippen molar-refractivity contribution >= 4 is 32.3 Å². The quantitative estimate of drug-likeness (QED) is 0.267. The first-order chi connectivity index (χ1) is 11.9. The van der Waals surface area contributed by atoms with Gasteiger partial charge in [-0.15, -0.1) is 0 Å². The summed E-state index contributed by atoms with van der Waals surface area (Å²) < 4.78 is 0. The number of benzene rings is 4. The maximum absolute atomic E-state index is 3.40. The zero-order valence-electron chi connectivity index (χ0n) is 13.3. The van der Waals surface area contributed by atoms with Crippen LogP contribution < -0.4 is 0 Å². The molecular formula is C24H16. The summed E-state index contributed by atoms with van der Waals surface area (Å²) in [6, 6.07) is 19.7. The van der Waals surface area contributed by atoms with Crippen molar-refractivity contribution in [3.8, 4) is 11.8 Å². The Kier molecular flexibility index (Phi) is 2.93. The Hall–Kier alpha value is -3.04. The van der Waals surface area contributed by atoms with Crippen molar-refractivity contribution in [2.75, 3.05) is 0 Å². The van der Waals surface area contributed by atoms with Gasteiger partial charge in [-0.25, -0.2) is 0 Å². The van der Waals surface area contributed by atoms with Gasteiger partial charge in [0.2, 0.25) is 0 Å². The highest BCUT2D eigenvalue weighted by atomic mass is 14.1. The van der Waals surface area contributed by atoms with E-state index in [4.69, 9.17) is 0 Å². The van der Waals surface area contributed by atoms with Gasteiger partial charge in [-0.1, -0.05) is 78.6 Å². The fraction of sp³-hybridized carbons (Fsp3) is 0.0833. The predicted molar refractivity (Wildman–Crippen MR) is 103 cm³/mol. The molecule has 0 saturated carbocycles. The topological polar surface area (TPSA) is 0 Å². The molecule has 0 spiro atoms. The van der Waals surface area contributed by atoms with E-state index in [2.05, 4.69) is 84.7 Å². The summed E-state index contributed by atoms with van der Waals surface area (Å²) in [6.45, 7) is 0. The number of rotatable bonds is 0. The molecule has 0 nitrogen and oxygen atoms in total. The first-order valence-corrected chi connectivity index (χ1v) is 8.45. The largest absolute Gasteiger partial charge is 0.0830 e. The Bertz CT molecular complexity index is 1180. The molecule has 0 heterocycles. The van der Waals surface area contributed by atoms with E-state index < -0.39 is 0 Å². The third kappa shape index (κ3) is 2.02. The SMILES string of the molecule is C(#Cc1ccc2ccc3cccc4ccc1c2c34)C1=CCCC=C1. The maximum Gasteiger partial charge on any atom is 0.0328 e. The first kappa shape index (κ1) is 13.4. The van der Waals surface area contributed by atoms with Gasteiger partial charge in [-0.2, -0.15) is 0 Å². The van der Waals surface area contributed by atoms with Crippen molar-refractivity contribution in [3.63, 3.8) is 0 Å². The third-order valence-corrected chi connectivity index (χ3v) is 4.87. The van der Waals surface area contributed by atoms with Crippen LogP contribution in [0.5, 0.6) is 0 Å². The van der Waals surface area contributed by atoms with E-state index in [-0.39, 0.29) is 0 Å². The van der Waals surface area contributed by atoms with E-state index in [1.165, 1.54) is 32.3 Å². The minimum Gasteiger partial charge on any atom is -0.0830 e. The number of hydrogen-bond donors (Lipinski definition) is 0. The molecule has 0 N–H and O–H groups in total. The van der Waals surface area contributed by atoms with Gasteiger partial charge in [-0.3, -0.25) is 0 Å². The van der Waals surface area contributed by atoms with Crippen LogP contribution in [0.1, 0.15) is 18.4 Å². The molecule has 4 aromatic rings. The molecular weight excluding hydrogens is 288 g/mol. The Morgan fingerprint density at radius 3 is 2.21 bits per heavy atom. The monoisotopic (exact) mass is 304 g/mol. The van der Waals surface area contributed by atoms with Gasteiger partial charge in [0.05, 0.1) is 0 Å². The molecule has 0 bridgehead atoms. The Morgan fingerprint density at radius 1 is 0.667 bits per heavy atom. The predicted octanol–water partition coefficient (Wildman–Crippen LogP) is 6.21. The van der Waals surface area contributed by atoms with Crippen LogP contribution in [0.4, 0.5) is 0 Å². The minimum absolute atomic E-state index is 1.10. The lowest BCUT2D eigenvalue weighted by atomic mass is 9.92. The van der Waals surface area contributed by atoms with Gasteiger partial charge in [0.1, 0.15) is 0 Å². The summed E-state index contributed by atoms with van der Waals surface area (Å²) in [7, 11) is 0. The van der Waals surface area contributed by atoms with Crippen molar-refractivity contribution in [1.29, 1.82) is 0 Å². The number of hydrogen-bond acceptors (Lipinski definition) is 0. The van der Waals surface area contributed by atoms with Crippen molar-refractivity contribution < 1.29 is 0 Å². The fourth-order valence-corrected chi connectivity index (χ4v) is 3.69. The molecule has 4 aromatic carbocycles. The van der Waals surface area contributed by atoms with Crippen LogP contribution in [0.15, 0.2) is 78.4 Å². The van der Waals surface area contributed by atoms with Crippen molar-refractivity contribution in [3.05, 3.63) is 84.0 Å². The summed E-state index contributed by atoms with van der Waals surface area (Å²) in [5.41, 5.74) is 2.24. The third-order valence-electron chi connectivity index (χ3n) is 4.87. The van der Waals surface area contributed by atoms with Crippen LogP contribution in [0, 0.1) is 11.8 Å². The average Bonchev–Trinajstić information content (AvgIpc) is 2.66. The molecule has 0 unspecified atom stereocenters. The van der Waals surface area contributed by atoms with Crippen LogP contribution in [0.3, 0.4) is 0 Å². The minimum atomic E-state index is 1.10. The van der Waals surface area contributed by atoms with Crippen LogP contribution in [-0.2, 0) is 0 Å². The smallest absolute Gasteiger partial charge is 0.0328 e. The van der Waals surface area contributed by atoms with E-state index in [1.807, 2.05) is 0 Å². The summed E-state index contributed by atoms with van der Waals surface area (Å²) in [4.78, 5) is 0. The van der Waals surface area contributed by atoms with Crippen LogP contribution in [0.25, 0.3) is 32.3 Å². The van der Waals surface area contributed by atoms with Gasteiger partial charge in [0.25, 0.3) is 0 Å². The lowest BCUT2D eigenvalue weighted by Crippen LogP contribution is -1.87. The van der Waals surface area contributed by atoms with Crippen LogP contribution in [-0.4, -0.2) is 0 Å². The molecule has 1 aliphatic rings. The molecule has 112 valence electrons. The standard InChI is InChI=1S/C24H16/c1-2-5-17(6-3-1)9-10-18-11-12-21-14-13-19-7-4-8-20-15-16-22(18)24(21)23(19)20/h2,4-8,11-16H,1,3H2. The lowest BCUT2D eigenvalue weighted by molar-refractivity contribution is 1.03. The normalized spacial score (nSPS) is 14.1. The summed E-state index contributed by atoms with van der Waals surface area (Å²) >= 11 is 0. The van der Waals surface area contributed by atoms with Gasteiger partial charge >= 0.3 is 0 Å². The van der Waals surface area contributed by atoms with Crippen LogP contribution >= 0.6 is 0 Å². The highest BCUT2D eigenvalue weighted by Crippen LogP contribution is 2.35. The van der Waals surface area contributed by atoms with Gasteiger partial charge in [0, 0.05) is 11.1 Å². The molecule has 24 heavy (non-hydrogen) atoms. The van der Waals surface area contributed by atoms with Crippen LogP contribution in [0.2, 0.25) is 0 Å². The van der Waals surface area contributed by atoms with E-state index in [0.29, 0.717) is 0 Å². The molecule has 0 aliphatic heterocycles. The highest BCUT2D eigenvalue weighted by molar-refractivity contribution is 6.23. The van der Waals surface area contributed by atoms with Crippen molar-refractivity contribution in [2.45, 2.75) is 12.8 Å². The van der Waals surface area contributed by atoms with E-state index in [9.17, 15) is 0 Å². The maximum atomic E-state index is 3.40. The van der Waals surface area contributed by atoms with E-state index in [1.54, 1.807) is 0 Å². The van der Waals surface area contributed by atoms with Gasteiger partial charge in [0.15, 0.2) is 0 Å². The summed E-state index contributed by atoms with van der Waals surface area (Å²) in [5, 5.41) is 7.84. The van der Waals surface area contributed by atoms with E-state index >= 15 is 0 Å². The second kappa shape index (κ2) is 5.25.